The molecule has 1 atom stereocenters. The molecule has 0 amide bonds. The van der Waals surface area contributed by atoms with Crippen LogP contribution in [0.1, 0.15) is 6.42 Å². The van der Waals surface area contributed by atoms with E-state index in [0.717, 1.165) is 0 Å². The molecule has 4 nitrogen and oxygen atoms in total. The predicted octanol–water partition coefficient (Wildman–Crippen LogP) is 2.14. The Morgan fingerprint density at radius 2 is 1.78 bits per heavy atom. The average Bonchev–Trinajstić information content (AvgIpc) is 2.64. The first-order chi connectivity index (χ1) is 7.89. The minimum Gasteiger partial charge on any atom is -0.326 e. The topological polar surface area (TPSA) is 63.4 Å². The highest BCUT2D eigenvalue weighted by Crippen LogP contribution is 2.26. The fourth-order valence-corrected chi connectivity index (χ4v) is 4.04. The lowest BCUT2D eigenvalue weighted by molar-refractivity contribution is 0.472. The molecule has 1 aromatic rings. The first-order valence-corrected chi connectivity index (χ1v) is 7.31. The van der Waals surface area contributed by atoms with Crippen LogP contribution in [-0.4, -0.2) is 31.9 Å². The fourth-order valence-electron chi connectivity index (χ4n) is 1.80. The van der Waals surface area contributed by atoms with Gasteiger partial charge in [-0.3, -0.25) is 0 Å². The van der Waals surface area contributed by atoms with E-state index < -0.39 is 10.0 Å². The number of rotatable bonds is 2. The van der Waals surface area contributed by atoms with E-state index in [1.54, 1.807) is 0 Å². The zero-order chi connectivity index (χ0) is 12.6. The van der Waals surface area contributed by atoms with Crippen LogP contribution in [0.4, 0.5) is 0 Å². The molecule has 102 valence electrons. The molecule has 2 N–H and O–H groups in total. The van der Waals surface area contributed by atoms with E-state index >= 15 is 0 Å². The van der Waals surface area contributed by atoms with Crippen molar-refractivity contribution >= 4 is 45.6 Å². The van der Waals surface area contributed by atoms with E-state index in [4.69, 9.17) is 28.9 Å². The van der Waals surface area contributed by atoms with Crippen molar-refractivity contribution in [2.45, 2.75) is 17.4 Å². The van der Waals surface area contributed by atoms with Crippen molar-refractivity contribution in [2.24, 2.45) is 5.73 Å². The van der Waals surface area contributed by atoms with Crippen molar-refractivity contribution in [2.75, 3.05) is 13.1 Å². The second kappa shape index (κ2) is 5.94. The SMILES string of the molecule is Cl.N[C@H]1CCN(S(=O)(=O)c2cc(Cl)cc(Cl)c2)C1. The summed E-state index contributed by atoms with van der Waals surface area (Å²) in [6.07, 6.45) is 0.674. The van der Waals surface area contributed by atoms with Crippen molar-refractivity contribution in [3.63, 3.8) is 0 Å². The van der Waals surface area contributed by atoms with Gasteiger partial charge in [0.1, 0.15) is 0 Å². The maximum atomic E-state index is 12.2. The molecule has 8 heteroatoms. The van der Waals surface area contributed by atoms with E-state index in [1.165, 1.54) is 22.5 Å². The summed E-state index contributed by atoms with van der Waals surface area (Å²) in [5.74, 6) is 0. The van der Waals surface area contributed by atoms with Gasteiger partial charge in [0, 0.05) is 29.2 Å². The quantitative estimate of drug-likeness (QED) is 0.903. The molecule has 0 aromatic heterocycles. The summed E-state index contributed by atoms with van der Waals surface area (Å²) in [4.78, 5) is 0.115. The summed E-state index contributed by atoms with van der Waals surface area (Å²) in [7, 11) is -3.53. The fraction of sp³-hybridized carbons (Fsp3) is 0.400. The standard InChI is InChI=1S/C10H12Cl2N2O2S.ClH/c11-7-3-8(12)5-10(4-7)17(15,16)14-2-1-9(13)6-14;/h3-5,9H,1-2,6,13H2;1H/t9-;/m0./s1. The molecule has 0 aliphatic carbocycles. The lowest BCUT2D eigenvalue weighted by atomic mass is 10.3. The molecule has 1 aromatic carbocycles. The molecule has 1 aliphatic rings. The summed E-state index contributed by atoms with van der Waals surface area (Å²) in [6, 6.07) is 4.19. The van der Waals surface area contributed by atoms with Gasteiger partial charge in [-0.1, -0.05) is 23.2 Å². The molecule has 1 fully saturated rings. The van der Waals surface area contributed by atoms with E-state index in [9.17, 15) is 8.42 Å². The van der Waals surface area contributed by atoms with Crippen LogP contribution in [-0.2, 0) is 10.0 Å². The Labute approximate surface area is 123 Å². The third-order valence-corrected chi connectivity index (χ3v) is 4.94. The number of nitrogens with two attached hydrogens (primary N) is 1. The van der Waals surface area contributed by atoms with Crippen molar-refractivity contribution in [3.8, 4) is 0 Å². The Hall–Kier alpha value is -0.0400. The van der Waals surface area contributed by atoms with Crippen LogP contribution in [0.5, 0.6) is 0 Å². The Balaban J connectivity index is 0.00000162. The molecule has 0 spiro atoms. The highest BCUT2D eigenvalue weighted by molar-refractivity contribution is 7.89. The molecular formula is C10H13Cl3N2O2S. The van der Waals surface area contributed by atoms with Gasteiger partial charge < -0.3 is 5.73 Å². The number of hydrogen-bond acceptors (Lipinski definition) is 3. The predicted molar refractivity (Wildman–Crippen MR) is 75.1 cm³/mol. The smallest absolute Gasteiger partial charge is 0.243 e. The zero-order valence-corrected chi connectivity index (χ0v) is 12.5. The third-order valence-electron chi connectivity index (χ3n) is 2.66. The number of sulfonamides is 1. The van der Waals surface area contributed by atoms with Crippen molar-refractivity contribution in [1.29, 1.82) is 0 Å². The van der Waals surface area contributed by atoms with Gasteiger partial charge in [0.25, 0.3) is 0 Å². The third kappa shape index (κ3) is 3.29. The zero-order valence-electron chi connectivity index (χ0n) is 9.34. The lowest BCUT2D eigenvalue weighted by Gasteiger charge is -2.16. The van der Waals surface area contributed by atoms with Gasteiger partial charge in [0.05, 0.1) is 4.90 Å². The molecule has 0 radical (unpaired) electrons. The molecule has 0 unspecified atom stereocenters. The molecule has 0 bridgehead atoms. The highest BCUT2D eigenvalue weighted by atomic mass is 35.5. The van der Waals surface area contributed by atoms with Crippen molar-refractivity contribution in [1.82, 2.24) is 4.31 Å². The van der Waals surface area contributed by atoms with Gasteiger partial charge in [-0.05, 0) is 24.6 Å². The van der Waals surface area contributed by atoms with E-state index in [0.29, 0.717) is 29.6 Å². The number of halogens is 3. The summed E-state index contributed by atoms with van der Waals surface area (Å²) < 4.78 is 25.8. The minimum atomic E-state index is -3.53. The van der Waals surface area contributed by atoms with Crippen LogP contribution < -0.4 is 5.73 Å². The second-order valence-corrected chi connectivity index (χ2v) is 6.83. The van der Waals surface area contributed by atoms with Crippen LogP contribution in [0.15, 0.2) is 23.1 Å². The van der Waals surface area contributed by atoms with E-state index in [1.807, 2.05) is 0 Å². The highest BCUT2D eigenvalue weighted by Gasteiger charge is 2.31. The first kappa shape index (κ1) is 16.0. The van der Waals surface area contributed by atoms with Gasteiger partial charge in [-0.25, -0.2) is 8.42 Å². The van der Waals surface area contributed by atoms with Crippen molar-refractivity contribution < 1.29 is 8.42 Å². The van der Waals surface area contributed by atoms with E-state index in [-0.39, 0.29) is 23.3 Å². The lowest BCUT2D eigenvalue weighted by Crippen LogP contribution is -2.31. The molecule has 2 rings (SSSR count). The Morgan fingerprint density at radius 1 is 1.22 bits per heavy atom. The maximum Gasteiger partial charge on any atom is 0.243 e. The molecular weight excluding hydrogens is 319 g/mol. The first-order valence-electron chi connectivity index (χ1n) is 5.11. The summed E-state index contributed by atoms with van der Waals surface area (Å²) in [5.41, 5.74) is 5.70. The van der Waals surface area contributed by atoms with Gasteiger partial charge in [0.2, 0.25) is 10.0 Å². The van der Waals surface area contributed by atoms with Gasteiger partial charge in [-0.2, -0.15) is 4.31 Å². The van der Waals surface area contributed by atoms with E-state index in [2.05, 4.69) is 0 Å². The number of benzene rings is 1. The maximum absolute atomic E-state index is 12.2. The van der Waals surface area contributed by atoms with Crippen LogP contribution in [0.25, 0.3) is 0 Å². The monoisotopic (exact) mass is 330 g/mol. The molecule has 1 saturated heterocycles. The van der Waals surface area contributed by atoms with Gasteiger partial charge >= 0.3 is 0 Å². The summed E-state index contributed by atoms with van der Waals surface area (Å²) >= 11 is 11.6. The molecule has 1 heterocycles. The Morgan fingerprint density at radius 3 is 2.22 bits per heavy atom. The van der Waals surface area contributed by atoms with Crippen LogP contribution >= 0.6 is 35.6 Å². The average molecular weight is 332 g/mol. The van der Waals surface area contributed by atoms with Crippen LogP contribution in [0.2, 0.25) is 10.0 Å². The number of nitrogens with zero attached hydrogens (tertiary/aromatic N) is 1. The normalized spacial score (nSPS) is 20.7. The Kier molecular flexibility index (Phi) is 5.29. The minimum absolute atomic E-state index is 0. The van der Waals surface area contributed by atoms with Gasteiger partial charge in [-0.15, -0.1) is 12.4 Å². The summed E-state index contributed by atoms with van der Waals surface area (Å²) in [5, 5.41) is 0.610. The largest absolute Gasteiger partial charge is 0.326 e. The van der Waals surface area contributed by atoms with Crippen LogP contribution in [0, 0.1) is 0 Å². The summed E-state index contributed by atoms with van der Waals surface area (Å²) in [6.45, 7) is 0.778. The number of hydrogen-bond donors (Lipinski definition) is 1. The molecule has 18 heavy (non-hydrogen) atoms. The van der Waals surface area contributed by atoms with Crippen LogP contribution in [0.3, 0.4) is 0 Å². The molecule has 0 saturated carbocycles. The molecule has 1 aliphatic heterocycles. The van der Waals surface area contributed by atoms with Crippen molar-refractivity contribution in [3.05, 3.63) is 28.2 Å². The Bertz CT molecular complexity index is 516. The second-order valence-electron chi connectivity index (χ2n) is 4.02. The van der Waals surface area contributed by atoms with Gasteiger partial charge in [0.15, 0.2) is 0 Å².